The van der Waals surface area contributed by atoms with E-state index < -0.39 is 17.9 Å². The molecule has 12 heteroatoms. The number of alkyl halides is 3. The number of nitrogens with one attached hydrogen (secondary N) is 1. The zero-order valence-electron chi connectivity index (χ0n) is 24.4. The molecule has 0 aromatic carbocycles. The normalized spacial score (nSPS) is 17.2. The predicted octanol–water partition coefficient (Wildman–Crippen LogP) is 6.85. The number of primary amides is 1. The van der Waals surface area contributed by atoms with Gasteiger partial charge in [0.05, 0.1) is 0 Å². The number of allylic oxidation sites excluding steroid dienone is 1. The zero-order valence-corrected chi connectivity index (χ0v) is 26.5. The second-order valence-electron chi connectivity index (χ2n) is 9.66. The first-order valence-corrected chi connectivity index (χ1v) is 14.5. The molecule has 1 saturated carbocycles. The first-order valence-electron chi connectivity index (χ1n) is 13.6. The van der Waals surface area contributed by atoms with Crippen molar-refractivity contribution in [3.63, 3.8) is 0 Å². The van der Waals surface area contributed by atoms with Crippen molar-refractivity contribution in [2.45, 2.75) is 123 Å². The number of amides is 3. The third-order valence-corrected chi connectivity index (χ3v) is 6.15. The van der Waals surface area contributed by atoms with Crippen molar-refractivity contribution in [2.24, 2.45) is 11.7 Å². The summed E-state index contributed by atoms with van der Waals surface area (Å²) in [5, 5.41) is 3.05. The van der Waals surface area contributed by atoms with Gasteiger partial charge < -0.3 is 23.8 Å². The van der Waals surface area contributed by atoms with Crippen LogP contribution in [0.2, 0.25) is 0 Å². The lowest BCUT2D eigenvalue weighted by Gasteiger charge is -2.26. The van der Waals surface area contributed by atoms with Gasteiger partial charge in [-0.05, 0) is 64.7 Å². The zero-order chi connectivity index (χ0) is 30.6. The molecule has 0 spiro atoms. The first kappa shape index (κ1) is 39.6. The van der Waals surface area contributed by atoms with E-state index in [0.717, 1.165) is 78.2 Å². The van der Waals surface area contributed by atoms with Crippen LogP contribution in [-0.4, -0.2) is 60.3 Å². The van der Waals surface area contributed by atoms with E-state index in [-0.39, 0.29) is 17.9 Å². The van der Waals surface area contributed by atoms with Gasteiger partial charge in [-0.25, -0.2) is 4.79 Å². The Morgan fingerprint density at radius 3 is 2.15 bits per heavy atom. The number of unbranched alkanes of at least 4 members (excludes halogenated alkanes) is 2. The molecule has 8 nitrogen and oxygen atoms in total. The molecule has 2 atom stereocenters. The Labute approximate surface area is 246 Å². The van der Waals surface area contributed by atoms with Crippen molar-refractivity contribution in [1.82, 2.24) is 10.2 Å². The number of hydrogen-bond acceptors (Lipinski definition) is 5. The van der Waals surface area contributed by atoms with Crippen LogP contribution >= 0.6 is 23.0 Å². The minimum atomic E-state index is -4.60. The third-order valence-electron chi connectivity index (χ3n) is 6.15. The van der Waals surface area contributed by atoms with Gasteiger partial charge >= 0.3 is 12.3 Å². The molecule has 0 aromatic rings. The average Bonchev–Trinajstić information content (AvgIpc) is 3.52. The Balaban J connectivity index is 0. The van der Waals surface area contributed by atoms with Gasteiger partial charge in [-0.2, -0.15) is 13.2 Å². The van der Waals surface area contributed by atoms with E-state index in [0.29, 0.717) is 18.4 Å². The first-order chi connectivity index (χ1) is 18.2. The number of hydrogen-bond donors (Lipinski definition) is 2. The smallest absolute Gasteiger partial charge is 0.427 e. The molecule has 1 aliphatic carbocycles. The molecule has 3 amide bonds. The molecule has 3 N–H and O–H groups in total. The fourth-order valence-corrected chi connectivity index (χ4v) is 3.71. The largest absolute Gasteiger partial charge is 0.434 e. The lowest BCUT2D eigenvalue weighted by molar-refractivity contribution is -0.243. The monoisotopic (exact) mass is 679 g/mol. The molecule has 230 valence electrons. The third kappa shape index (κ3) is 17.7. The maximum absolute atomic E-state index is 12.6. The molecule has 2 rings (SSSR count). The van der Waals surface area contributed by atoms with Gasteiger partial charge in [0.1, 0.15) is 29.0 Å². The molecule has 1 aliphatic heterocycles. The Morgan fingerprint density at radius 1 is 1.18 bits per heavy atom. The van der Waals surface area contributed by atoms with Gasteiger partial charge in [0.15, 0.2) is 0 Å². The van der Waals surface area contributed by atoms with E-state index >= 15 is 0 Å². The van der Waals surface area contributed by atoms with Crippen LogP contribution in [-0.2, 0) is 17.4 Å². The topological polar surface area (TPSA) is 111 Å². The quantitative estimate of drug-likeness (QED) is 0.141. The van der Waals surface area contributed by atoms with Gasteiger partial charge in [-0.3, -0.25) is 9.59 Å². The highest BCUT2D eigenvalue weighted by atomic mass is 127. The second-order valence-corrected chi connectivity index (χ2v) is 10.5. The molecule has 2 fully saturated rings. The summed E-state index contributed by atoms with van der Waals surface area (Å²) >= 11 is 1.79. The summed E-state index contributed by atoms with van der Waals surface area (Å²) in [6, 6.07) is 0.148. The number of halogens is 4. The lowest BCUT2D eigenvalue weighted by atomic mass is 9.94. The van der Waals surface area contributed by atoms with Crippen molar-refractivity contribution in [3.8, 4) is 0 Å². The van der Waals surface area contributed by atoms with Crippen LogP contribution in [0.25, 0.3) is 0 Å². The van der Waals surface area contributed by atoms with Crippen LogP contribution < -0.4 is 11.1 Å². The molecule has 0 bridgehead atoms. The number of carbonyl (C=O) groups is 3. The Kier molecular flexibility index (Phi) is 21.5. The summed E-state index contributed by atoms with van der Waals surface area (Å²) in [5.74, 6) is 0.687. The van der Waals surface area contributed by atoms with Crippen LogP contribution in [0.3, 0.4) is 0 Å². The summed E-state index contributed by atoms with van der Waals surface area (Å²) in [5.41, 5.74) is 1.90. The standard InChI is InChI=1S/C19H32N2O2.C5H8F3NO2.C2H6.CH3IO/c1-3-5-6-7-9-15(4-2)14-18(22)21-13-8-10-17(21)19(23)20-16-11-12-16;1-4(2,5(6,7)8)11-3(9)10;1-2;1-3-2/h3,15-17H,1,4-14H2,2H3,(H,20,23);1-2H3,(H2,9,10);1-2H3;1H3. The predicted molar refractivity (Wildman–Crippen MR) is 156 cm³/mol. The summed E-state index contributed by atoms with van der Waals surface area (Å²) < 4.78 is 43.6. The van der Waals surface area contributed by atoms with Gasteiger partial charge in [0.25, 0.3) is 0 Å². The SMILES string of the molecule is C=CCCCCC(CC)CC(=O)N1CCCC1C(=O)NC1CC1.CC.CC(C)(OC(N)=O)C(F)(F)F.COI. The molecule has 2 aliphatic rings. The van der Waals surface area contributed by atoms with E-state index in [1.54, 1.807) is 30.1 Å². The molecule has 1 heterocycles. The minimum absolute atomic E-state index is 0.0670. The van der Waals surface area contributed by atoms with E-state index in [4.69, 9.17) is 0 Å². The van der Waals surface area contributed by atoms with Crippen molar-refractivity contribution in [2.75, 3.05) is 13.7 Å². The average molecular weight is 680 g/mol. The Bertz CT molecular complexity index is 719. The maximum atomic E-state index is 12.6. The van der Waals surface area contributed by atoms with E-state index in [9.17, 15) is 27.6 Å². The van der Waals surface area contributed by atoms with Crippen molar-refractivity contribution < 1.29 is 35.4 Å². The Hall–Kier alpha value is -1.57. The molecular weight excluding hydrogens is 630 g/mol. The lowest BCUT2D eigenvalue weighted by Crippen LogP contribution is -2.46. The number of rotatable bonds is 11. The summed E-state index contributed by atoms with van der Waals surface area (Å²) in [7, 11) is 1.61. The number of nitrogens with zero attached hydrogens (tertiary/aromatic N) is 1. The van der Waals surface area contributed by atoms with Crippen molar-refractivity contribution >= 4 is 40.9 Å². The van der Waals surface area contributed by atoms with E-state index in [2.05, 4.69) is 32.4 Å². The maximum Gasteiger partial charge on any atom is 0.427 e. The van der Waals surface area contributed by atoms with Gasteiger partial charge in [0, 0.05) is 26.1 Å². The molecule has 0 radical (unpaired) electrons. The van der Waals surface area contributed by atoms with Gasteiger partial charge in [0.2, 0.25) is 17.4 Å². The molecule has 2 unspecified atom stereocenters. The van der Waals surface area contributed by atoms with Gasteiger partial charge in [-0.1, -0.05) is 39.7 Å². The van der Waals surface area contributed by atoms with Crippen molar-refractivity contribution in [1.29, 1.82) is 0 Å². The van der Waals surface area contributed by atoms with E-state index in [1.165, 1.54) is 0 Å². The highest BCUT2D eigenvalue weighted by molar-refractivity contribution is 14.1. The summed E-state index contributed by atoms with van der Waals surface area (Å²) in [6.45, 7) is 12.1. The number of carbonyl (C=O) groups excluding carboxylic acids is 3. The number of likely N-dealkylation sites (tertiary alicyclic amines) is 1. The Morgan fingerprint density at radius 2 is 1.74 bits per heavy atom. The molecule has 1 saturated heterocycles. The fraction of sp³-hybridized carbons (Fsp3) is 0.815. The highest BCUT2D eigenvalue weighted by Crippen LogP contribution is 2.32. The minimum Gasteiger partial charge on any atom is -0.434 e. The van der Waals surface area contributed by atoms with Crippen LogP contribution in [0.15, 0.2) is 12.7 Å². The number of ether oxygens (including phenoxy) is 1. The molecule has 39 heavy (non-hydrogen) atoms. The van der Waals surface area contributed by atoms with Crippen LogP contribution in [0.1, 0.15) is 98.8 Å². The van der Waals surface area contributed by atoms with E-state index in [1.807, 2.05) is 24.8 Å². The highest BCUT2D eigenvalue weighted by Gasteiger charge is 2.50. The molecular formula is C27H49F3IN3O5. The van der Waals surface area contributed by atoms with Crippen LogP contribution in [0.4, 0.5) is 18.0 Å². The second kappa shape index (κ2) is 21.2. The van der Waals surface area contributed by atoms with Crippen molar-refractivity contribution in [3.05, 3.63) is 12.7 Å². The van der Waals surface area contributed by atoms with Crippen LogP contribution in [0, 0.1) is 5.92 Å². The number of nitrogens with two attached hydrogens (primary N) is 1. The van der Waals surface area contributed by atoms with Crippen LogP contribution in [0.5, 0.6) is 0 Å². The summed E-state index contributed by atoms with van der Waals surface area (Å²) in [6.07, 6.45) is 5.98. The van der Waals surface area contributed by atoms with Gasteiger partial charge in [-0.15, -0.1) is 6.58 Å². The molecule has 0 aromatic heterocycles. The fourth-order valence-electron chi connectivity index (χ4n) is 3.71. The summed E-state index contributed by atoms with van der Waals surface area (Å²) in [4.78, 5) is 36.7.